The molecule has 158 valence electrons. The van der Waals surface area contributed by atoms with Crippen molar-refractivity contribution in [3.05, 3.63) is 100.0 Å². The van der Waals surface area contributed by atoms with Gasteiger partial charge in [-0.2, -0.15) is 0 Å². The Balaban J connectivity index is 1.32. The highest BCUT2D eigenvalue weighted by atomic mass is 16.2. The minimum Gasteiger partial charge on any atom is -0.348 e. The number of hydrogen-bond donors (Lipinski definition) is 1. The van der Waals surface area contributed by atoms with E-state index in [4.69, 9.17) is 0 Å². The Labute approximate surface area is 181 Å². The van der Waals surface area contributed by atoms with Crippen molar-refractivity contribution in [3.63, 3.8) is 0 Å². The first-order valence-electron chi connectivity index (χ1n) is 10.5. The van der Waals surface area contributed by atoms with E-state index in [0.29, 0.717) is 25.1 Å². The highest BCUT2D eigenvalue weighted by molar-refractivity contribution is 5.96. The van der Waals surface area contributed by atoms with Gasteiger partial charge in [0.1, 0.15) is 0 Å². The van der Waals surface area contributed by atoms with Crippen LogP contribution in [0.15, 0.2) is 77.7 Å². The molecule has 6 nitrogen and oxygen atoms in total. The first kappa shape index (κ1) is 20.6. The molecule has 2 heterocycles. The maximum Gasteiger partial charge on any atom is 0.251 e. The number of piperidine rings is 1. The summed E-state index contributed by atoms with van der Waals surface area (Å²) in [5.74, 6) is -0.0135. The van der Waals surface area contributed by atoms with Crippen LogP contribution >= 0.6 is 0 Å². The molecule has 4 rings (SSSR count). The third kappa shape index (κ3) is 5.09. The quantitative estimate of drug-likeness (QED) is 0.671. The van der Waals surface area contributed by atoms with Crippen molar-refractivity contribution in [2.45, 2.75) is 32.4 Å². The summed E-state index contributed by atoms with van der Waals surface area (Å²) < 4.78 is 1.65. The maximum atomic E-state index is 12.5. The van der Waals surface area contributed by atoms with E-state index in [-0.39, 0.29) is 17.4 Å². The first-order chi connectivity index (χ1) is 15.1. The summed E-state index contributed by atoms with van der Waals surface area (Å²) >= 11 is 0. The van der Waals surface area contributed by atoms with Gasteiger partial charge in [0, 0.05) is 43.0 Å². The van der Waals surface area contributed by atoms with Gasteiger partial charge in [-0.3, -0.25) is 14.4 Å². The number of nitrogens with one attached hydrogen (secondary N) is 1. The average Bonchev–Trinajstić information content (AvgIpc) is 2.80. The molecule has 1 fully saturated rings. The van der Waals surface area contributed by atoms with Crippen molar-refractivity contribution >= 4 is 17.5 Å². The van der Waals surface area contributed by atoms with Gasteiger partial charge in [0.05, 0.1) is 6.54 Å². The van der Waals surface area contributed by atoms with Gasteiger partial charge in [0.2, 0.25) is 5.91 Å². The monoisotopic (exact) mass is 415 g/mol. The predicted molar refractivity (Wildman–Crippen MR) is 120 cm³/mol. The Morgan fingerprint density at radius 1 is 0.871 bits per heavy atom. The summed E-state index contributed by atoms with van der Waals surface area (Å²) in [6.07, 6.45) is 4.31. The minimum absolute atomic E-state index is 0.0329. The molecule has 0 saturated carbocycles. The molecule has 2 amide bonds. The standard InChI is InChI=1S/C25H25N3O3/c29-23-5-1-3-15-27(23)18-20-9-7-19(8-10-20)17-26-25(31)21-11-13-22(14-12-21)28-16-4-2-6-24(28)30/h1,3,5,7-15H,2,4,6,16-18H2,(H,26,31). The fraction of sp³-hybridized carbons (Fsp3) is 0.240. The highest BCUT2D eigenvalue weighted by Crippen LogP contribution is 2.21. The van der Waals surface area contributed by atoms with Crippen molar-refractivity contribution in [2.24, 2.45) is 0 Å². The van der Waals surface area contributed by atoms with Gasteiger partial charge in [-0.25, -0.2) is 0 Å². The molecule has 1 saturated heterocycles. The lowest BCUT2D eigenvalue weighted by Gasteiger charge is -2.26. The van der Waals surface area contributed by atoms with Crippen LogP contribution in [-0.2, 0) is 17.9 Å². The third-order valence-electron chi connectivity index (χ3n) is 5.49. The highest BCUT2D eigenvalue weighted by Gasteiger charge is 2.19. The normalized spacial score (nSPS) is 13.8. The topological polar surface area (TPSA) is 71.4 Å². The Bertz CT molecular complexity index is 1120. The van der Waals surface area contributed by atoms with Gasteiger partial charge in [0.25, 0.3) is 11.5 Å². The summed E-state index contributed by atoms with van der Waals surface area (Å²) in [7, 11) is 0. The van der Waals surface area contributed by atoms with Crippen molar-refractivity contribution in [3.8, 4) is 0 Å². The molecule has 0 radical (unpaired) electrons. The SMILES string of the molecule is O=C(NCc1ccc(Cn2ccccc2=O)cc1)c1ccc(N2CCCCC2=O)cc1. The van der Waals surface area contributed by atoms with Crippen LogP contribution in [0.5, 0.6) is 0 Å². The van der Waals surface area contributed by atoms with Crippen LogP contribution in [-0.4, -0.2) is 22.9 Å². The Hall–Kier alpha value is -3.67. The second-order valence-corrected chi connectivity index (χ2v) is 7.72. The van der Waals surface area contributed by atoms with E-state index in [1.165, 1.54) is 0 Å². The number of benzene rings is 2. The van der Waals surface area contributed by atoms with Crippen LogP contribution in [0.2, 0.25) is 0 Å². The van der Waals surface area contributed by atoms with Gasteiger partial charge in [-0.15, -0.1) is 0 Å². The van der Waals surface area contributed by atoms with Crippen molar-refractivity contribution in [2.75, 3.05) is 11.4 Å². The van der Waals surface area contributed by atoms with Crippen LogP contribution < -0.4 is 15.8 Å². The largest absolute Gasteiger partial charge is 0.348 e. The zero-order chi connectivity index (χ0) is 21.6. The number of carbonyl (C=O) groups is 2. The summed E-state index contributed by atoms with van der Waals surface area (Å²) in [4.78, 5) is 38.1. The summed E-state index contributed by atoms with van der Waals surface area (Å²) in [6, 6.07) is 20.1. The van der Waals surface area contributed by atoms with Gasteiger partial charge in [0.15, 0.2) is 0 Å². The third-order valence-corrected chi connectivity index (χ3v) is 5.49. The molecule has 1 aromatic heterocycles. The Morgan fingerprint density at radius 2 is 1.61 bits per heavy atom. The number of pyridine rings is 1. The number of carbonyl (C=O) groups excluding carboxylic acids is 2. The second kappa shape index (κ2) is 9.43. The van der Waals surface area contributed by atoms with Gasteiger partial charge < -0.3 is 14.8 Å². The van der Waals surface area contributed by atoms with E-state index < -0.39 is 0 Å². The number of rotatable bonds is 6. The van der Waals surface area contributed by atoms with E-state index in [0.717, 1.165) is 36.2 Å². The molecular weight excluding hydrogens is 390 g/mol. The van der Waals surface area contributed by atoms with Crippen LogP contribution in [0, 0.1) is 0 Å². The zero-order valence-corrected chi connectivity index (χ0v) is 17.3. The maximum absolute atomic E-state index is 12.5. The molecule has 0 atom stereocenters. The van der Waals surface area contributed by atoms with Crippen molar-refractivity contribution in [1.29, 1.82) is 0 Å². The summed E-state index contributed by atoms with van der Waals surface area (Å²) in [5.41, 5.74) is 3.37. The zero-order valence-electron chi connectivity index (χ0n) is 17.3. The molecule has 2 aromatic carbocycles. The average molecular weight is 415 g/mol. The van der Waals surface area contributed by atoms with E-state index >= 15 is 0 Å². The molecular formula is C25H25N3O3. The number of nitrogens with zero attached hydrogens (tertiary/aromatic N) is 2. The van der Waals surface area contributed by atoms with Crippen LogP contribution in [0.1, 0.15) is 40.7 Å². The molecule has 0 spiro atoms. The fourth-order valence-corrected chi connectivity index (χ4v) is 3.71. The Kier molecular flexibility index (Phi) is 6.26. The molecule has 0 aliphatic carbocycles. The van der Waals surface area contributed by atoms with Gasteiger partial charge in [-0.1, -0.05) is 30.3 Å². The number of anilines is 1. The lowest BCUT2D eigenvalue weighted by Crippen LogP contribution is -2.35. The Morgan fingerprint density at radius 3 is 2.32 bits per heavy atom. The number of aromatic nitrogens is 1. The smallest absolute Gasteiger partial charge is 0.251 e. The molecule has 31 heavy (non-hydrogen) atoms. The van der Waals surface area contributed by atoms with E-state index in [9.17, 15) is 14.4 Å². The molecule has 1 aliphatic rings. The summed E-state index contributed by atoms with van der Waals surface area (Å²) in [6.45, 7) is 1.66. The summed E-state index contributed by atoms with van der Waals surface area (Å²) in [5, 5.41) is 2.93. The van der Waals surface area contributed by atoms with Crippen LogP contribution in [0.25, 0.3) is 0 Å². The van der Waals surface area contributed by atoms with E-state index in [1.807, 2.05) is 42.5 Å². The second-order valence-electron chi connectivity index (χ2n) is 7.72. The molecule has 3 aromatic rings. The van der Waals surface area contributed by atoms with Gasteiger partial charge in [-0.05, 0) is 54.3 Å². The minimum atomic E-state index is -0.156. The van der Waals surface area contributed by atoms with Crippen LogP contribution in [0.4, 0.5) is 5.69 Å². The number of hydrogen-bond acceptors (Lipinski definition) is 3. The van der Waals surface area contributed by atoms with Gasteiger partial charge >= 0.3 is 0 Å². The van der Waals surface area contributed by atoms with Crippen molar-refractivity contribution < 1.29 is 9.59 Å². The predicted octanol–water partition coefficient (Wildman–Crippen LogP) is 3.34. The molecule has 1 N–H and O–H groups in total. The first-order valence-corrected chi connectivity index (χ1v) is 10.5. The lowest BCUT2D eigenvalue weighted by atomic mass is 10.1. The van der Waals surface area contributed by atoms with Crippen LogP contribution in [0.3, 0.4) is 0 Å². The molecule has 1 aliphatic heterocycles. The molecule has 0 bridgehead atoms. The lowest BCUT2D eigenvalue weighted by molar-refractivity contribution is -0.119. The fourth-order valence-electron chi connectivity index (χ4n) is 3.71. The molecule has 6 heteroatoms. The van der Waals surface area contributed by atoms with E-state index in [2.05, 4.69) is 5.32 Å². The van der Waals surface area contributed by atoms with Crippen molar-refractivity contribution in [1.82, 2.24) is 9.88 Å². The van der Waals surface area contributed by atoms with E-state index in [1.54, 1.807) is 39.9 Å². The molecule has 0 unspecified atom stereocenters. The number of amides is 2.